The highest BCUT2D eigenvalue weighted by Crippen LogP contribution is 2.35. The summed E-state index contributed by atoms with van der Waals surface area (Å²) < 4.78 is 9.16. The third-order valence-electron chi connectivity index (χ3n) is 6.98. The minimum atomic E-state index is -0.398. The van der Waals surface area contributed by atoms with Crippen molar-refractivity contribution in [3.63, 3.8) is 0 Å². The number of aromatic nitrogens is 3. The van der Waals surface area contributed by atoms with Crippen LogP contribution in [0.2, 0.25) is 0 Å². The molecule has 0 aliphatic rings. The summed E-state index contributed by atoms with van der Waals surface area (Å²) in [5, 5.41) is 5.13. The van der Waals surface area contributed by atoms with Gasteiger partial charge in [-0.05, 0) is 66.6 Å². The average molecular weight is 618 g/mol. The van der Waals surface area contributed by atoms with E-state index in [1.807, 2.05) is 84.9 Å². The second-order valence-corrected chi connectivity index (χ2v) is 10.5. The van der Waals surface area contributed by atoms with Crippen LogP contribution in [0.25, 0.3) is 39.1 Å². The minimum absolute atomic E-state index is 0.252. The van der Waals surface area contributed by atoms with Gasteiger partial charge in [0.25, 0.3) is 5.56 Å². The van der Waals surface area contributed by atoms with Crippen LogP contribution in [0.4, 0.5) is 0 Å². The van der Waals surface area contributed by atoms with Crippen LogP contribution in [0, 0.1) is 6.92 Å². The largest absolute Gasteiger partial charge is 0.465 e. The molecule has 4 aromatic carbocycles. The van der Waals surface area contributed by atoms with Crippen LogP contribution in [0.3, 0.4) is 0 Å². The second kappa shape index (κ2) is 11.4. The van der Waals surface area contributed by atoms with Crippen molar-refractivity contribution in [2.45, 2.75) is 6.92 Å². The lowest BCUT2D eigenvalue weighted by Gasteiger charge is -2.15. The first-order chi connectivity index (χ1) is 20.4. The van der Waals surface area contributed by atoms with E-state index in [1.165, 1.54) is 11.8 Å². The molecule has 8 heteroatoms. The molecule has 0 aliphatic heterocycles. The number of fused-ring (bicyclic) bond motifs is 1. The molecular formula is C34H25BrN4O3. The number of carbonyl (C=O) groups excluding carboxylic acids is 1. The monoisotopic (exact) mass is 616 g/mol. The van der Waals surface area contributed by atoms with Crippen molar-refractivity contribution in [2.75, 3.05) is 7.11 Å². The highest BCUT2D eigenvalue weighted by molar-refractivity contribution is 9.10. The number of halogens is 1. The Balaban J connectivity index is 1.59. The lowest BCUT2D eigenvalue weighted by Crippen LogP contribution is -2.20. The number of rotatable bonds is 6. The van der Waals surface area contributed by atoms with E-state index in [4.69, 9.17) is 4.74 Å². The Hall–Kier alpha value is -5.08. The SMILES string of the molecule is COC(=O)c1ccc(-n2c(-c3ccccc3)cc(C=Nn3c(C)nc4ccc(Br)cc4c3=O)c2-c2ccccc2)cc1. The molecule has 0 atom stereocenters. The Labute approximate surface area is 250 Å². The van der Waals surface area contributed by atoms with Crippen LogP contribution in [0.15, 0.2) is 124 Å². The van der Waals surface area contributed by atoms with Gasteiger partial charge in [0.05, 0.1) is 41.2 Å². The van der Waals surface area contributed by atoms with E-state index in [9.17, 15) is 9.59 Å². The molecule has 0 N–H and O–H groups in total. The fourth-order valence-electron chi connectivity index (χ4n) is 4.99. The molecular weight excluding hydrogens is 592 g/mol. The lowest BCUT2D eigenvalue weighted by atomic mass is 10.1. The number of carbonyl (C=O) groups is 1. The standard InChI is InChI=1S/C34H25BrN4O3/c1-22-37-30-18-15-27(35)20-29(30)33(40)39(22)36-21-26-19-31(23-9-5-3-6-10-23)38(32(26)24-11-7-4-8-12-24)28-16-13-25(14-17-28)34(41)42-2/h3-21H,1-2H3. The highest BCUT2D eigenvalue weighted by atomic mass is 79.9. The maximum atomic E-state index is 13.4. The van der Waals surface area contributed by atoms with Gasteiger partial charge < -0.3 is 9.30 Å². The van der Waals surface area contributed by atoms with Gasteiger partial charge in [0.2, 0.25) is 0 Å². The number of nitrogens with zero attached hydrogens (tertiary/aromatic N) is 4. The quantitative estimate of drug-likeness (QED) is 0.146. The molecule has 42 heavy (non-hydrogen) atoms. The van der Waals surface area contributed by atoms with Gasteiger partial charge in [-0.25, -0.2) is 9.78 Å². The summed E-state index contributed by atoms with van der Waals surface area (Å²) in [5.74, 6) is 0.0822. The van der Waals surface area contributed by atoms with Crippen molar-refractivity contribution < 1.29 is 9.53 Å². The molecule has 2 heterocycles. The van der Waals surface area contributed by atoms with Crippen molar-refractivity contribution in [2.24, 2.45) is 5.10 Å². The third-order valence-corrected chi connectivity index (χ3v) is 7.47. The third kappa shape index (κ3) is 5.08. The summed E-state index contributed by atoms with van der Waals surface area (Å²) in [6.07, 6.45) is 1.70. The zero-order chi connectivity index (χ0) is 29.2. The van der Waals surface area contributed by atoms with Gasteiger partial charge in [0.1, 0.15) is 5.82 Å². The topological polar surface area (TPSA) is 78.5 Å². The number of aryl methyl sites for hydroxylation is 1. The smallest absolute Gasteiger partial charge is 0.337 e. The number of esters is 1. The molecule has 0 radical (unpaired) electrons. The van der Waals surface area contributed by atoms with E-state index in [0.717, 1.165) is 38.2 Å². The predicted molar refractivity (Wildman–Crippen MR) is 169 cm³/mol. The Morgan fingerprint density at radius 1 is 0.881 bits per heavy atom. The number of ether oxygens (including phenoxy) is 1. The summed E-state index contributed by atoms with van der Waals surface area (Å²) in [7, 11) is 1.37. The summed E-state index contributed by atoms with van der Waals surface area (Å²) in [6.45, 7) is 1.77. The normalized spacial score (nSPS) is 11.3. The molecule has 206 valence electrons. The summed E-state index contributed by atoms with van der Waals surface area (Å²) >= 11 is 3.45. The minimum Gasteiger partial charge on any atom is -0.465 e. The molecule has 0 saturated carbocycles. The van der Waals surface area contributed by atoms with Crippen molar-refractivity contribution in [1.82, 2.24) is 14.2 Å². The number of hydrogen-bond donors (Lipinski definition) is 0. The van der Waals surface area contributed by atoms with Gasteiger partial charge in [0.15, 0.2) is 0 Å². The molecule has 0 saturated heterocycles. The fourth-order valence-corrected chi connectivity index (χ4v) is 5.35. The van der Waals surface area contributed by atoms with Gasteiger partial charge in [-0.1, -0.05) is 76.6 Å². The molecule has 0 unspecified atom stereocenters. The molecule has 0 aliphatic carbocycles. The Kier molecular flexibility index (Phi) is 7.37. The van der Waals surface area contributed by atoms with Crippen LogP contribution in [0.5, 0.6) is 0 Å². The zero-order valence-corrected chi connectivity index (χ0v) is 24.4. The first-order valence-electron chi connectivity index (χ1n) is 13.2. The Bertz CT molecular complexity index is 2010. The molecule has 0 bridgehead atoms. The van der Waals surface area contributed by atoms with Crippen LogP contribution < -0.4 is 5.56 Å². The van der Waals surface area contributed by atoms with Crippen LogP contribution in [0.1, 0.15) is 21.7 Å². The molecule has 0 fully saturated rings. The van der Waals surface area contributed by atoms with E-state index >= 15 is 0 Å². The molecule has 2 aromatic heterocycles. The highest BCUT2D eigenvalue weighted by Gasteiger charge is 2.19. The van der Waals surface area contributed by atoms with Gasteiger partial charge in [0, 0.05) is 15.7 Å². The molecule has 0 amide bonds. The summed E-state index contributed by atoms with van der Waals surface area (Å²) in [4.78, 5) is 30.2. The van der Waals surface area contributed by atoms with E-state index in [0.29, 0.717) is 22.3 Å². The van der Waals surface area contributed by atoms with Gasteiger partial charge in [-0.3, -0.25) is 4.79 Å². The molecule has 6 aromatic rings. The van der Waals surface area contributed by atoms with Crippen molar-refractivity contribution in [1.29, 1.82) is 0 Å². The van der Waals surface area contributed by atoms with Gasteiger partial charge in [-0.2, -0.15) is 9.78 Å². The maximum Gasteiger partial charge on any atom is 0.337 e. The van der Waals surface area contributed by atoms with E-state index in [-0.39, 0.29) is 5.56 Å². The van der Waals surface area contributed by atoms with Gasteiger partial charge >= 0.3 is 5.97 Å². The molecule has 7 nitrogen and oxygen atoms in total. The van der Waals surface area contributed by atoms with E-state index < -0.39 is 5.97 Å². The van der Waals surface area contributed by atoms with Crippen LogP contribution in [-0.4, -0.2) is 33.5 Å². The Morgan fingerprint density at radius 3 is 2.21 bits per heavy atom. The molecule has 6 rings (SSSR count). The zero-order valence-electron chi connectivity index (χ0n) is 22.9. The average Bonchev–Trinajstić information content (AvgIpc) is 3.41. The number of hydrogen-bond acceptors (Lipinski definition) is 5. The van der Waals surface area contributed by atoms with Crippen molar-refractivity contribution in [3.05, 3.63) is 141 Å². The maximum absolute atomic E-state index is 13.4. The number of methoxy groups -OCH3 is 1. The summed E-state index contributed by atoms with van der Waals surface area (Å²) in [5.41, 5.74) is 6.24. The molecule has 0 spiro atoms. The van der Waals surface area contributed by atoms with Gasteiger partial charge in [-0.15, -0.1) is 0 Å². The first-order valence-corrected chi connectivity index (χ1v) is 14.0. The van der Waals surface area contributed by atoms with E-state index in [1.54, 1.807) is 31.3 Å². The van der Waals surface area contributed by atoms with E-state index in [2.05, 4.69) is 36.6 Å². The lowest BCUT2D eigenvalue weighted by molar-refractivity contribution is 0.0600. The summed E-state index contributed by atoms with van der Waals surface area (Å²) in [6, 6.07) is 34.8. The predicted octanol–water partition coefficient (Wildman–Crippen LogP) is 7.26. The van der Waals surface area contributed by atoms with Crippen LogP contribution >= 0.6 is 15.9 Å². The Morgan fingerprint density at radius 2 is 1.55 bits per heavy atom. The van der Waals surface area contributed by atoms with Crippen LogP contribution in [-0.2, 0) is 4.74 Å². The van der Waals surface area contributed by atoms with Crippen molar-refractivity contribution >= 4 is 39.0 Å². The number of benzene rings is 4. The second-order valence-electron chi connectivity index (χ2n) is 9.62. The van der Waals surface area contributed by atoms with Crippen molar-refractivity contribution in [3.8, 4) is 28.2 Å². The fraction of sp³-hybridized carbons (Fsp3) is 0.0588. The first kappa shape index (κ1) is 27.1.